The fraction of sp³-hybridized carbons (Fsp3) is 0.190. The number of halogens is 3. The maximum absolute atomic E-state index is 12.7. The van der Waals surface area contributed by atoms with Crippen LogP contribution in [0.2, 0.25) is 0 Å². The molecule has 0 saturated carbocycles. The Labute approximate surface area is 164 Å². The topological polar surface area (TPSA) is 68.9 Å². The highest BCUT2D eigenvalue weighted by Crippen LogP contribution is 2.32. The fourth-order valence-corrected chi connectivity index (χ4v) is 2.59. The highest BCUT2D eigenvalue weighted by Gasteiger charge is 2.30. The van der Waals surface area contributed by atoms with Crippen LogP contribution >= 0.6 is 0 Å². The molecule has 8 heteroatoms. The van der Waals surface area contributed by atoms with E-state index in [0.29, 0.717) is 28.6 Å². The first-order valence-corrected chi connectivity index (χ1v) is 8.57. The number of carboxylic acid groups (broad SMARTS) is 1. The van der Waals surface area contributed by atoms with Crippen molar-refractivity contribution in [3.05, 3.63) is 71.5 Å². The third-order valence-electron chi connectivity index (χ3n) is 4.08. The number of rotatable bonds is 7. The summed E-state index contributed by atoms with van der Waals surface area (Å²) in [5.74, 6) is 0.775. The van der Waals surface area contributed by atoms with Crippen molar-refractivity contribution in [2.45, 2.75) is 19.7 Å². The number of carbonyl (C=O) groups is 1. The first kappa shape index (κ1) is 20.3. The molecular formula is C21H17F3O5. The van der Waals surface area contributed by atoms with Gasteiger partial charge in [0, 0.05) is 17.2 Å². The third-order valence-corrected chi connectivity index (χ3v) is 4.08. The van der Waals surface area contributed by atoms with Gasteiger partial charge in [0.2, 0.25) is 0 Å². The van der Waals surface area contributed by atoms with Crippen molar-refractivity contribution in [3.8, 4) is 22.8 Å². The monoisotopic (exact) mass is 406 g/mol. The third kappa shape index (κ3) is 5.31. The lowest BCUT2D eigenvalue weighted by atomic mass is 10.1. The number of aliphatic carboxylic acids is 1. The Hall–Kier alpha value is -3.42. The smallest absolute Gasteiger partial charge is 0.416 e. The van der Waals surface area contributed by atoms with Crippen molar-refractivity contribution in [2.24, 2.45) is 0 Å². The quantitative estimate of drug-likeness (QED) is 0.575. The van der Waals surface area contributed by atoms with Crippen LogP contribution in [0.15, 0.2) is 59.0 Å². The molecule has 0 atom stereocenters. The molecule has 0 fully saturated rings. The van der Waals surface area contributed by atoms with E-state index in [9.17, 15) is 18.0 Å². The zero-order valence-electron chi connectivity index (χ0n) is 15.3. The average molecular weight is 406 g/mol. The van der Waals surface area contributed by atoms with Gasteiger partial charge in [0.05, 0.1) is 5.56 Å². The van der Waals surface area contributed by atoms with Crippen molar-refractivity contribution in [2.75, 3.05) is 6.61 Å². The van der Waals surface area contributed by atoms with Gasteiger partial charge in [-0.15, -0.1) is 0 Å². The molecule has 0 aliphatic heterocycles. The van der Waals surface area contributed by atoms with Crippen molar-refractivity contribution >= 4 is 5.97 Å². The summed E-state index contributed by atoms with van der Waals surface area (Å²) in [5.41, 5.74) is 0.534. The zero-order valence-corrected chi connectivity index (χ0v) is 15.3. The largest absolute Gasteiger partial charge is 0.489 e. The van der Waals surface area contributed by atoms with E-state index in [-0.39, 0.29) is 6.61 Å². The highest BCUT2D eigenvalue weighted by molar-refractivity contribution is 5.68. The van der Waals surface area contributed by atoms with Crippen LogP contribution < -0.4 is 9.47 Å². The summed E-state index contributed by atoms with van der Waals surface area (Å²) in [5, 5.41) is 8.66. The summed E-state index contributed by atoms with van der Waals surface area (Å²) in [6.07, 6.45) is -4.39. The number of hydrogen-bond donors (Lipinski definition) is 1. The zero-order chi connectivity index (χ0) is 21.0. The first-order valence-electron chi connectivity index (χ1n) is 8.57. The normalized spacial score (nSPS) is 11.3. The van der Waals surface area contributed by atoms with Gasteiger partial charge in [-0.1, -0.05) is 18.2 Å². The van der Waals surface area contributed by atoms with Crippen LogP contribution in [0.1, 0.15) is 16.9 Å². The fourth-order valence-electron chi connectivity index (χ4n) is 2.59. The molecule has 1 N–H and O–H groups in total. The van der Waals surface area contributed by atoms with Crippen LogP contribution in [0.5, 0.6) is 11.5 Å². The summed E-state index contributed by atoms with van der Waals surface area (Å²) in [6.45, 7) is 1.44. The predicted molar refractivity (Wildman–Crippen MR) is 97.8 cm³/mol. The molecule has 1 aromatic heterocycles. The minimum Gasteiger partial charge on any atom is -0.489 e. The minimum atomic E-state index is -4.39. The first-order chi connectivity index (χ1) is 13.7. The molecule has 5 nitrogen and oxygen atoms in total. The predicted octanol–water partition coefficient (Wildman–Crippen LogP) is 5.32. The van der Waals surface area contributed by atoms with Crippen LogP contribution in [-0.4, -0.2) is 17.7 Å². The van der Waals surface area contributed by atoms with Crippen LogP contribution in [0, 0.1) is 6.92 Å². The average Bonchev–Trinajstić information content (AvgIpc) is 3.05. The standard InChI is InChI=1S/C21H17F3O5/c1-13-15(11-27-17-3-2-4-18(10-17)28-12-20(25)26)9-19(29-13)14-5-7-16(8-6-14)21(22,23)24/h2-10H,11-12H2,1H3,(H,25,26). The van der Waals surface area contributed by atoms with Gasteiger partial charge in [-0.25, -0.2) is 4.79 Å². The van der Waals surface area contributed by atoms with E-state index in [1.54, 1.807) is 37.3 Å². The Morgan fingerprint density at radius 3 is 2.31 bits per heavy atom. The van der Waals surface area contributed by atoms with Gasteiger partial charge in [0.25, 0.3) is 0 Å². The summed E-state index contributed by atoms with van der Waals surface area (Å²) < 4.78 is 54.5. The number of alkyl halides is 3. The summed E-state index contributed by atoms with van der Waals surface area (Å²) in [4.78, 5) is 10.6. The van der Waals surface area contributed by atoms with Crippen molar-refractivity contribution in [3.63, 3.8) is 0 Å². The van der Waals surface area contributed by atoms with E-state index >= 15 is 0 Å². The molecular weight excluding hydrogens is 389 g/mol. The Bertz CT molecular complexity index is 990. The van der Waals surface area contributed by atoms with Crippen LogP contribution in [0.25, 0.3) is 11.3 Å². The number of aryl methyl sites for hydroxylation is 1. The Kier molecular flexibility index (Phi) is 5.81. The number of ether oxygens (including phenoxy) is 2. The number of carboxylic acids is 1. The highest BCUT2D eigenvalue weighted by atomic mass is 19.4. The molecule has 0 bridgehead atoms. The molecule has 2 aromatic carbocycles. The molecule has 29 heavy (non-hydrogen) atoms. The molecule has 0 amide bonds. The van der Waals surface area contributed by atoms with Gasteiger partial charge in [0.1, 0.15) is 29.6 Å². The molecule has 0 aliphatic rings. The van der Waals surface area contributed by atoms with Gasteiger partial charge in [-0.2, -0.15) is 13.2 Å². The number of benzene rings is 2. The molecule has 3 aromatic rings. The second kappa shape index (κ2) is 8.30. The van der Waals surface area contributed by atoms with Crippen LogP contribution in [-0.2, 0) is 17.6 Å². The molecule has 0 saturated heterocycles. The summed E-state index contributed by atoms with van der Waals surface area (Å²) in [6, 6.07) is 13.0. The molecule has 0 spiro atoms. The summed E-state index contributed by atoms with van der Waals surface area (Å²) >= 11 is 0. The van der Waals surface area contributed by atoms with E-state index in [1.807, 2.05) is 0 Å². The second-order valence-electron chi connectivity index (χ2n) is 6.21. The maximum Gasteiger partial charge on any atom is 0.416 e. The van der Waals surface area contributed by atoms with E-state index in [4.69, 9.17) is 19.0 Å². The van der Waals surface area contributed by atoms with Gasteiger partial charge in [-0.05, 0) is 37.3 Å². The van der Waals surface area contributed by atoms with E-state index in [1.165, 1.54) is 12.1 Å². The van der Waals surface area contributed by atoms with Crippen LogP contribution in [0.4, 0.5) is 13.2 Å². The Balaban J connectivity index is 1.68. The minimum absolute atomic E-state index is 0.165. The number of hydrogen-bond acceptors (Lipinski definition) is 4. The molecule has 152 valence electrons. The van der Waals surface area contributed by atoms with Crippen molar-refractivity contribution < 1.29 is 37.0 Å². The molecule has 0 aliphatic carbocycles. The molecule has 0 radical (unpaired) electrons. The Morgan fingerprint density at radius 1 is 1.03 bits per heavy atom. The number of furan rings is 1. The Morgan fingerprint density at radius 2 is 1.69 bits per heavy atom. The molecule has 0 unspecified atom stereocenters. The van der Waals surface area contributed by atoms with Gasteiger partial charge in [0.15, 0.2) is 6.61 Å². The van der Waals surface area contributed by atoms with Gasteiger partial charge in [-0.3, -0.25) is 0 Å². The van der Waals surface area contributed by atoms with Gasteiger partial charge < -0.3 is 19.0 Å². The lowest BCUT2D eigenvalue weighted by Crippen LogP contribution is -2.09. The lowest BCUT2D eigenvalue weighted by molar-refractivity contribution is -0.139. The van der Waals surface area contributed by atoms with Crippen molar-refractivity contribution in [1.82, 2.24) is 0 Å². The van der Waals surface area contributed by atoms with Crippen molar-refractivity contribution in [1.29, 1.82) is 0 Å². The van der Waals surface area contributed by atoms with E-state index in [2.05, 4.69) is 0 Å². The SMILES string of the molecule is Cc1oc(-c2ccc(C(F)(F)F)cc2)cc1COc1cccc(OCC(=O)O)c1. The van der Waals surface area contributed by atoms with E-state index < -0.39 is 24.3 Å². The lowest BCUT2D eigenvalue weighted by Gasteiger charge is -2.08. The molecule has 1 heterocycles. The van der Waals surface area contributed by atoms with Gasteiger partial charge >= 0.3 is 12.1 Å². The molecule has 3 rings (SSSR count). The second-order valence-corrected chi connectivity index (χ2v) is 6.21. The maximum atomic E-state index is 12.7. The van der Waals surface area contributed by atoms with Crippen LogP contribution in [0.3, 0.4) is 0 Å². The van der Waals surface area contributed by atoms with E-state index in [0.717, 1.165) is 17.7 Å². The summed E-state index contributed by atoms with van der Waals surface area (Å²) in [7, 11) is 0.